The zero-order valence-electron chi connectivity index (χ0n) is 15.9. The number of hydrogen-bond donors (Lipinski definition) is 1. The van der Waals surface area contributed by atoms with Crippen molar-refractivity contribution in [3.05, 3.63) is 76.6 Å². The highest BCUT2D eigenvalue weighted by Crippen LogP contribution is 2.25. The zero-order chi connectivity index (χ0) is 20.3. The molecule has 2 aromatic carbocycles. The van der Waals surface area contributed by atoms with Crippen LogP contribution in [0.3, 0.4) is 0 Å². The maximum Gasteiger partial charge on any atom is 0.387 e. The Morgan fingerprint density at radius 2 is 1.79 bits per heavy atom. The van der Waals surface area contributed by atoms with Gasteiger partial charge in [0.2, 0.25) is 0 Å². The highest BCUT2D eigenvalue weighted by atomic mass is 19.3. The van der Waals surface area contributed by atoms with Crippen LogP contribution >= 0.6 is 0 Å². The number of halogens is 2. The molecule has 1 amide bonds. The molecule has 0 saturated carbocycles. The number of aryl methyl sites for hydroxylation is 2. The summed E-state index contributed by atoms with van der Waals surface area (Å²) in [6.45, 7) is 3.24. The third-order valence-corrected chi connectivity index (χ3v) is 4.55. The van der Waals surface area contributed by atoms with E-state index in [0.717, 1.165) is 16.8 Å². The van der Waals surface area contributed by atoms with E-state index in [1.807, 2.05) is 42.8 Å². The monoisotopic (exact) mass is 385 g/mol. The molecule has 3 rings (SSSR count). The first-order valence-electron chi connectivity index (χ1n) is 8.80. The Morgan fingerprint density at radius 1 is 1.11 bits per heavy atom. The van der Waals surface area contributed by atoms with E-state index in [-0.39, 0.29) is 11.3 Å². The van der Waals surface area contributed by atoms with E-state index in [2.05, 4.69) is 15.2 Å². The molecule has 0 atom stereocenters. The molecule has 1 aromatic heterocycles. The van der Waals surface area contributed by atoms with E-state index in [4.69, 9.17) is 0 Å². The van der Waals surface area contributed by atoms with Crippen molar-refractivity contribution in [1.29, 1.82) is 0 Å². The number of nitrogens with zero attached hydrogens (tertiary/aromatic N) is 2. The van der Waals surface area contributed by atoms with E-state index in [9.17, 15) is 13.6 Å². The standard InChI is InChI=1S/C21H21F2N3O2/c1-13-8-4-5-9-16(13)12-26-15(3)19(14(2)25-26)24-20(27)17-10-6-7-11-18(17)28-21(22)23/h4-11,21H,12H2,1-3H3,(H,24,27). The fourth-order valence-electron chi connectivity index (χ4n) is 3.01. The number of carbonyl (C=O) groups excluding carboxylic acids is 1. The molecule has 5 nitrogen and oxygen atoms in total. The van der Waals surface area contributed by atoms with Crippen LogP contribution in [0, 0.1) is 20.8 Å². The number of hydrogen-bond acceptors (Lipinski definition) is 3. The van der Waals surface area contributed by atoms with Crippen LogP contribution in [0.25, 0.3) is 0 Å². The number of nitrogens with one attached hydrogen (secondary N) is 1. The van der Waals surface area contributed by atoms with Crippen molar-refractivity contribution in [2.45, 2.75) is 33.9 Å². The van der Waals surface area contributed by atoms with Crippen molar-refractivity contribution in [3.8, 4) is 5.75 Å². The van der Waals surface area contributed by atoms with Crippen molar-refractivity contribution in [2.24, 2.45) is 0 Å². The lowest BCUT2D eigenvalue weighted by Crippen LogP contribution is -2.16. The molecule has 0 radical (unpaired) electrons. The summed E-state index contributed by atoms with van der Waals surface area (Å²) in [5.74, 6) is -0.699. The zero-order valence-corrected chi connectivity index (χ0v) is 15.9. The number of benzene rings is 2. The molecule has 0 aliphatic carbocycles. The Morgan fingerprint density at radius 3 is 2.50 bits per heavy atom. The maximum atomic E-state index is 12.7. The van der Waals surface area contributed by atoms with Gasteiger partial charge < -0.3 is 10.1 Å². The summed E-state index contributed by atoms with van der Waals surface area (Å²) in [5.41, 5.74) is 4.30. The Bertz CT molecular complexity index is 999. The highest BCUT2D eigenvalue weighted by molar-refractivity contribution is 6.06. The average Bonchev–Trinajstić information content (AvgIpc) is 2.91. The lowest BCUT2D eigenvalue weighted by Gasteiger charge is -2.11. The first-order valence-corrected chi connectivity index (χ1v) is 8.80. The van der Waals surface area contributed by atoms with Crippen molar-refractivity contribution in [1.82, 2.24) is 9.78 Å². The molecule has 28 heavy (non-hydrogen) atoms. The van der Waals surface area contributed by atoms with Crippen LogP contribution in [-0.4, -0.2) is 22.3 Å². The minimum atomic E-state index is -3.01. The van der Waals surface area contributed by atoms with Gasteiger partial charge in [0.1, 0.15) is 5.75 Å². The highest BCUT2D eigenvalue weighted by Gasteiger charge is 2.19. The molecule has 3 aromatic rings. The van der Waals surface area contributed by atoms with Gasteiger partial charge in [-0.15, -0.1) is 0 Å². The second kappa shape index (κ2) is 8.21. The number of para-hydroxylation sites is 1. The quantitative estimate of drug-likeness (QED) is 0.669. The fraction of sp³-hybridized carbons (Fsp3) is 0.238. The third kappa shape index (κ3) is 4.19. The van der Waals surface area contributed by atoms with E-state index >= 15 is 0 Å². The summed E-state index contributed by atoms with van der Waals surface area (Å²) < 4.78 is 31.5. The molecule has 1 N–H and O–H groups in total. The van der Waals surface area contributed by atoms with Crippen molar-refractivity contribution >= 4 is 11.6 Å². The van der Waals surface area contributed by atoms with Crippen LogP contribution in [0.2, 0.25) is 0 Å². The minimum Gasteiger partial charge on any atom is -0.434 e. The molecule has 146 valence electrons. The molecule has 0 aliphatic heterocycles. The van der Waals surface area contributed by atoms with Gasteiger partial charge in [-0.3, -0.25) is 9.48 Å². The smallest absolute Gasteiger partial charge is 0.387 e. The number of ether oxygens (including phenoxy) is 1. The predicted octanol–water partition coefficient (Wildman–Crippen LogP) is 4.71. The van der Waals surface area contributed by atoms with Gasteiger partial charge in [0.25, 0.3) is 5.91 Å². The largest absolute Gasteiger partial charge is 0.434 e. The number of aromatic nitrogens is 2. The summed E-state index contributed by atoms with van der Waals surface area (Å²) in [6.07, 6.45) is 0. The molecule has 0 unspecified atom stereocenters. The number of carbonyl (C=O) groups is 1. The molecule has 1 heterocycles. The van der Waals surface area contributed by atoms with Crippen LogP contribution in [0.4, 0.5) is 14.5 Å². The second-order valence-electron chi connectivity index (χ2n) is 6.46. The molecular weight excluding hydrogens is 364 g/mol. The lowest BCUT2D eigenvalue weighted by atomic mass is 10.1. The van der Waals surface area contributed by atoms with Crippen molar-refractivity contribution in [3.63, 3.8) is 0 Å². The molecule has 0 saturated heterocycles. The predicted molar refractivity (Wildman–Crippen MR) is 103 cm³/mol. The molecule has 0 aliphatic rings. The van der Waals surface area contributed by atoms with E-state index in [1.54, 1.807) is 13.0 Å². The summed E-state index contributed by atoms with van der Waals surface area (Å²) in [6, 6.07) is 13.9. The summed E-state index contributed by atoms with van der Waals surface area (Å²) in [7, 11) is 0. The van der Waals surface area contributed by atoms with Gasteiger partial charge in [0.05, 0.1) is 29.2 Å². The third-order valence-electron chi connectivity index (χ3n) is 4.55. The summed E-state index contributed by atoms with van der Waals surface area (Å²) in [4.78, 5) is 12.7. The SMILES string of the molecule is Cc1ccccc1Cn1nc(C)c(NC(=O)c2ccccc2OC(F)F)c1C. The topological polar surface area (TPSA) is 56.2 Å². The fourth-order valence-corrected chi connectivity index (χ4v) is 3.01. The maximum absolute atomic E-state index is 12.7. The van der Waals surface area contributed by atoms with Crippen LogP contribution in [-0.2, 0) is 6.54 Å². The van der Waals surface area contributed by atoms with Crippen LogP contribution in [0.1, 0.15) is 32.9 Å². The van der Waals surface area contributed by atoms with Gasteiger partial charge in [-0.2, -0.15) is 13.9 Å². The molecule has 0 spiro atoms. The van der Waals surface area contributed by atoms with Gasteiger partial charge in [-0.1, -0.05) is 36.4 Å². The Hall–Kier alpha value is -3.22. The number of anilines is 1. The Balaban J connectivity index is 1.85. The van der Waals surface area contributed by atoms with Crippen LogP contribution < -0.4 is 10.1 Å². The van der Waals surface area contributed by atoms with Crippen molar-refractivity contribution < 1.29 is 18.3 Å². The van der Waals surface area contributed by atoms with E-state index in [0.29, 0.717) is 17.9 Å². The van der Waals surface area contributed by atoms with Crippen LogP contribution in [0.15, 0.2) is 48.5 Å². The Kier molecular flexibility index (Phi) is 5.73. The van der Waals surface area contributed by atoms with Crippen LogP contribution in [0.5, 0.6) is 5.75 Å². The molecular formula is C21H21F2N3O2. The molecule has 7 heteroatoms. The van der Waals surface area contributed by atoms with Crippen molar-refractivity contribution in [2.75, 3.05) is 5.32 Å². The average molecular weight is 385 g/mol. The van der Waals surface area contributed by atoms with Gasteiger partial charge in [0, 0.05) is 0 Å². The molecule has 0 fully saturated rings. The lowest BCUT2D eigenvalue weighted by molar-refractivity contribution is -0.0501. The van der Waals surface area contributed by atoms with E-state index < -0.39 is 12.5 Å². The van der Waals surface area contributed by atoms with Gasteiger partial charge in [-0.05, 0) is 44.0 Å². The number of rotatable bonds is 6. The van der Waals surface area contributed by atoms with Gasteiger partial charge in [-0.25, -0.2) is 0 Å². The number of alkyl halides is 2. The van der Waals surface area contributed by atoms with Gasteiger partial charge in [0.15, 0.2) is 0 Å². The first kappa shape index (κ1) is 19.5. The second-order valence-corrected chi connectivity index (χ2v) is 6.46. The van der Waals surface area contributed by atoms with E-state index in [1.165, 1.54) is 18.2 Å². The first-order chi connectivity index (χ1) is 13.4. The summed E-state index contributed by atoms with van der Waals surface area (Å²) >= 11 is 0. The Labute approximate surface area is 161 Å². The normalized spacial score (nSPS) is 10.9. The minimum absolute atomic E-state index is 0.0354. The molecule has 0 bridgehead atoms. The van der Waals surface area contributed by atoms with Gasteiger partial charge >= 0.3 is 6.61 Å². The summed E-state index contributed by atoms with van der Waals surface area (Å²) in [5, 5.41) is 7.30. The number of amides is 1.